The molecule has 3 N–H and O–H groups in total. The van der Waals surface area contributed by atoms with Crippen LogP contribution in [0.15, 0.2) is 78.0 Å². The topological polar surface area (TPSA) is 93.8 Å². The van der Waals surface area contributed by atoms with Crippen LogP contribution in [0.1, 0.15) is 46.2 Å². The number of Topliss-reactive ketones (excluding diaryl/α,β-unsaturated/α-hetero) is 1. The predicted molar refractivity (Wildman–Crippen MR) is 122 cm³/mol. The van der Waals surface area contributed by atoms with E-state index in [0.29, 0.717) is 28.5 Å². The number of ketones is 1. The zero-order valence-corrected chi connectivity index (χ0v) is 17.7. The first kappa shape index (κ1) is 24.5. The Labute approximate surface area is 178 Å². The van der Waals surface area contributed by atoms with Crippen LogP contribution in [0.3, 0.4) is 0 Å². The van der Waals surface area contributed by atoms with Gasteiger partial charge in [-0.2, -0.15) is 0 Å². The first-order valence-electron chi connectivity index (χ1n) is 9.48. The molecule has 0 spiro atoms. The lowest BCUT2D eigenvalue weighted by molar-refractivity contribution is 0.0998. The maximum absolute atomic E-state index is 11.9. The van der Waals surface area contributed by atoms with Crippen LogP contribution in [0, 0.1) is 0 Å². The molecule has 0 aliphatic heterocycles. The molecule has 0 heterocycles. The van der Waals surface area contributed by atoms with E-state index in [1.165, 1.54) is 12.3 Å². The van der Waals surface area contributed by atoms with E-state index in [0.717, 1.165) is 12.1 Å². The van der Waals surface area contributed by atoms with E-state index in [1.54, 1.807) is 43.5 Å². The molecule has 6 nitrogen and oxygen atoms in total. The predicted octanol–water partition coefficient (Wildman–Crippen LogP) is 4.10. The molecule has 6 heteroatoms. The average molecular weight is 408 g/mol. The average Bonchev–Trinajstić information content (AvgIpc) is 2.77. The van der Waals surface area contributed by atoms with Gasteiger partial charge in [-0.3, -0.25) is 14.6 Å². The van der Waals surface area contributed by atoms with E-state index in [-0.39, 0.29) is 11.7 Å². The lowest BCUT2D eigenvalue weighted by Crippen LogP contribution is -2.18. The van der Waals surface area contributed by atoms with Crippen molar-refractivity contribution < 1.29 is 14.3 Å². The van der Waals surface area contributed by atoms with E-state index in [9.17, 15) is 9.59 Å². The third-order valence-corrected chi connectivity index (χ3v) is 4.27. The van der Waals surface area contributed by atoms with Crippen molar-refractivity contribution in [2.45, 2.75) is 19.9 Å². The smallest absolute Gasteiger partial charge is 0.248 e. The van der Waals surface area contributed by atoms with Gasteiger partial charge in [0.05, 0.1) is 7.11 Å². The van der Waals surface area contributed by atoms with Crippen molar-refractivity contribution in [2.24, 2.45) is 10.7 Å². The largest absolute Gasteiger partial charge is 0.497 e. The Morgan fingerprint density at radius 2 is 1.70 bits per heavy atom. The lowest BCUT2D eigenvalue weighted by atomic mass is 10.0. The Kier molecular flexibility index (Phi) is 10.5. The molecule has 158 valence electrons. The van der Waals surface area contributed by atoms with Gasteiger partial charge in [0, 0.05) is 28.9 Å². The van der Waals surface area contributed by atoms with Gasteiger partial charge >= 0.3 is 0 Å². The Morgan fingerprint density at radius 3 is 2.13 bits per heavy atom. The van der Waals surface area contributed by atoms with Gasteiger partial charge in [-0.05, 0) is 62.1 Å². The molecule has 0 fully saturated rings. The van der Waals surface area contributed by atoms with Crippen LogP contribution >= 0.6 is 0 Å². The van der Waals surface area contributed by atoms with Gasteiger partial charge in [0.25, 0.3) is 0 Å². The number of amides is 1. The van der Waals surface area contributed by atoms with Gasteiger partial charge < -0.3 is 15.8 Å². The number of nitrogens with two attached hydrogens (primary N) is 1. The van der Waals surface area contributed by atoms with E-state index >= 15 is 0 Å². The molecule has 2 aromatic rings. The van der Waals surface area contributed by atoms with Crippen LogP contribution in [-0.4, -0.2) is 32.1 Å². The molecule has 30 heavy (non-hydrogen) atoms. The minimum Gasteiger partial charge on any atom is -0.497 e. The molecule has 0 aromatic heterocycles. The number of methoxy groups -OCH3 is 1. The number of allylic oxidation sites excluding steroid dienone is 2. The normalized spacial score (nSPS) is 11.5. The number of benzene rings is 2. The number of ether oxygens (including phenoxy) is 1. The van der Waals surface area contributed by atoms with Crippen LogP contribution in [0.25, 0.3) is 0 Å². The Bertz CT molecular complexity index is 885. The Morgan fingerprint density at radius 1 is 1.13 bits per heavy atom. The lowest BCUT2D eigenvalue weighted by Gasteiger charge is -2.12. The van der Waals surface area contributed by atoms with Gasteiger partial charge in [0.1, 0.15) is 5.75 Å². The summed E-state index contributed by atoms with van der Waals surface area (Å²) in [5.74, 6) is 0.195. The highest BCUT2D eigenvalue weighted by Crippen LogP contribution is 2.15. The maximum atomic E-state index is 11.9. The number of hydrogen-bond donors (Lipinski definition) is 2. The fourth-order valence-corrected chi connectivity index (χ4v) is 2.57. The molecule has 0 bridgehead atoms. The minimum absolute atomic E-state index is 0.134. The first-order valence-corrected chi connectivity index (χ1v) is 9.48. The highest BCUT2D eigenvalue weighted by atomic mass is 16.5. The number of hydrogen-bond acceptors (Lipinski definition) is 5. The summed E-state index contributed by atoms with van der Waals surface area (Å²) in [5, 5.41) is 3.29. The van der Waals surface area contributed by atoms with Crippen molar-refractivity contribution in [2.75, 3.05) is 13.7 Å². The van der Waals surface area contributed by atoms with E-state index < -0.39 is 0 Å². The first-order chi connectivity index (χ1) is 14.4. The van der Waals surface area contributed by atoms with Crippen molar-refractivity contribution in [3.63, 3.8) is 0 Å². The third kappa shape index (κ3) is 7.48. The van der Waals surface area contributed by atoms with Gasteiger partial charge in [-0.25, -0.2) is 0 Å². The second-order valence-electron chi connectivity index (χ2n) is 6.29. The van der Waals surface area contributed by atoms with E-state index in [1.807, 2.05) is 12.1 Å². The SMILES string of the molecule is C=C/C(=C\N=C)C(=O)c1ccc(OC)cc1.CCNC(C)c1ccc(C(N)=O)cc1. The van der Waals surface area contributed by atoms with Crippen molar-refractivity contribution >= 4 is 18.4 Å². The summed E-state index contributed by atoms with van der Waals surface area (Å²) in [7, 11) is 1.58. The number of aliphatic imine (C=N–C) groups is 1. The molecule has 1 amide bonds. The Hall–Kier alpha value is -3.51. The summed E-state index contributed by atoms with van der Waals surface area (Å²) in [6, 6.07) is 14.5. The number of rotatable bonds is 9. The monoisotopic (exact) mass is 407 g/mol. The summed E-state index contributed by atoms with van der Waals surface area (Å²) in [5.41, 5.74) is 7.84. The van der Waals surface area contributed by atoms with Gasteiger partial charge in [-0.15, -0.1) is 0 Å². The molecule has 1 atom stereocenters. The molecule has 0 saturated heterocycles. The van der Waals surface area contributed by atoms with Crippen molar-refractivity contribution in [1.82, 2.24) is 5.32 Å². The molecular weight excluding hydrogens is 378 g/mol. The second-order valence-corrected chi connectivity index (χ2v) is 6.29. The fourth-order valence-electron chi connectivity index (χ4n) is 2.57. The summed E-state index contributed by atoms with van der Waals surface area (Å²) in [4.78, 5) is 26.3. The van der Waals surface area contributed by atoms with E-state index in [2.05, 4.69) is 37.5 Å². The van der Waals surface area contributed by atoms with Crippen molar-refractivity contribution in [3.05, 3.63) is 89.6 Å². The molecule has 0 aliphatic carbocycles. The highest BCUT2D eigenvalue weighted by molar-refractivity contribution is 6.10. The van der Waals surface area contributed by atoms with Crippen LogP contribution in [0.4, 0.5) is 0 Å². The van der Waals surface area contributed by atoms with E-state index in [4.69, 9.17) is 10.5 Å². The standard InChI is InChI=1S/C13H13NO2.C11H16N2O/c1-4-10(9-14-2)13(15)11-5-7-12(16-3)8-6-11;1-3-13-8(2)9-4-6-10(7-5-9)11(12)14/h4-9H,1-2H2,3H3;4-8,13H,3H2,1-2H3,(H2,12,14)/b10-9+;. The summed E-state index contributed by atoms with van der Waals surface area (Å²) in [6.45, 7) is 11.9. The Balaban J connectivity index is 0.000000303. The molecule has 0 radical (unpaired) electrons. The summed E-state index contributed by atoms with van der Waals surface area (Å²) < 4.78 is 5.01. The summed E-state index contributed by atoms with van der Waals surface area (Å²) >= 11 is 0. The number of nitrogens with zero attached hydrogens (tertiary/aromatic N) is 1. The van der Waals surface area contributed by atoms with Crippen LogP contribution in [0.2, 0.25) is 0 Å². The van der Waals surface area contributed by atoms with Gasteiger partial charge in [0.15, 0.2) is 5.78 Å². The fraction of sp³-hybridized carbons (Fsp3) is 0.208. The van der Waals surface area contributed by atoms with Gasteiger partial charge in [-0.1, -0.05) is 31.7 Å². The van der Waals surface area contributed by atoms with Gasteiger partial charge in [0.2, 0.25) is 5.91 Å². The minimum atomic E-state index is -0.382. The number of primary amides is 1. The van der Waals surface area contributed by atoms with Crippen molar-refractivity contribution in [1.29, 1.82) is 0 Å². The van der Waals surface area contributed by atoms with Crippen LogP contribution < -0.4 is 15.8 Å². The van der Waals surface area contributed by atoms with Crippen LogP contribution in [0.5, 0.6) is 5.75 Å². The quantitative estimate of drug-likeness (QED) is 0.283. The maximum Gasteiger partial charge on any atom is 0.248 e. The second kappa shape index (κ2) is 12.9. The molecular formula is C24H29N3O3. The number of nitrogens with one attached hydrogen (secondary N) is 1. The molecule has 0 aliphatic rings. The zero-order chi connectivity index (χ0) is 22.5. The highest BCUT2D eigenvalue weighted by Gasteiger charge is 2.09. The van der Waals surface area contributed by atoms with Crippen LogP contribution in [-0.2, 0) is 0 Å². The molecule has 2 rings (SSSR count). The third-order valence-electron chi connectivity index (χ3n) is 4.27. The molecule has 0 saturated carbocycles. The van der Waals surface area contributed by atoms with Crippen molar-refractivity contribution in [3.8, 4) is 5.75 Å². The molecule has 1 unspecified atom stereocenters. The summed E-state index contributed by atoms with van der Waals surface area (Å²) in [6.07, 6.45) is 2.85. The number of carbonyl (C=O) groups excluding carboxylic acids is 2. The molecule has 2 aromatic carbocycles. The number of carbonyl (C=O) groups is 2. The zero-order valence-electron chi connectivity index (χ0n) is 17.7.